The molecular formula is C24H31ClN4O5. The molecule has 0 spiro atoms. The summed E-state index contributed by atoms with van der Waals surface area (Å²) in [7, 11) is 3.26. The summed E-state index contributed by atoms with van der Waals surface area (Å²) in [4.78, 5) is 24.3. The summed E-state index contributed by atoms with van der Waals surface area (Å²) in [5, 5.41) is 9.95. The highest BCUT2D eigenvalue weighted by Gasteiger charge is 2.40. The van der Waals surface area contributed by atoms with Gasteiger partial charge in [-0.05, 0) is 6.07 Å². The van der Waals surface area contributed by atoms with Gasteiger partial charge in [-0.1, -0.05) is 18.5 Å². The van der Waals surface area contributed by atoms with Crippen LogP contribution >= 0.6 is 11.6 Å². The molecule has 34 heavy (non-hydrogen) atoms. The Labute approximate surface area is 204 Å². The molecule has 0 saturated carbocycles. The van der Waals surface area contributed by atoms with Gasteiger partial charge in [0.1, 0.15) is 6.10 Å². The number of aromatic nitrogens is 2. The van der Waals surface area contributed by atoms with Gasteiger partial charge in [-0.25, -0.2) is 9.97 Å². The number of aliphatic carboxylic acids is 1. The first-order valence-electron chi connectivity index (χ1n) is 11.5. The minimum Gasteiger partial charge on any atom is -0.481 e. The third-order valence-corrected chi connectivity index (χ3v) is 7.09. The largest absolute Gasteiger partial charge is 0.481 e. The number of carboxylic acids is 1. The molecule has 184 valence electrons. The van der Waals surface area contributed by atoms with E-state index < -0.39 is 5.97 Å². The molecule has 2 aromatic rings. The number of methoxy groups -OCH3 is 2. The second-order valence-electron chi connectivity index (χ2n) is 8.79. The number of halogens is 1. The van der Waals surface area contributed by atoms with Crippen molar-refractivity contribution in [2.45, 2.75) is 44.4 Å². The van der Waals surface area contributed by atoms with Crippen LogP contribution in [0.15, 0.2) is 30.6 Å². The number of carbonyl (C=O) groups is 1. The summed E-state index contributed by atoms with van der Waals surface area (Å²) >= 11 is 6.34. The summed E-state index contributed by atoms with van der Waals surface area (Å²) in [6, 6.07) is 5.52. The topological polar surface area (TPSA) is 97.2 Å². The van der Waals surface area contributed by atoms with Crippen LogP contribution in [0.25, 0.3) is 0 Å². The Morgan fingerprint density at radius 3 is 2.53 bits per heavy atom. The van der Waals surface area contributed by atoms with Gasteiger partial charge in [0.2, 0.25) is 11.8 Å². The Morgan fingerprint density at radius 1 is 1.18 bits per heavy atom. The summed E-state index contributed by atoms with van der Waals surface area (Å²) in [5.74, 6) is 0.397. The average molecular weight is 491 g/mol. The van der Waals surface area contributed by atoms with E-state index in [1.807, 2.05) is 25.1 Å². The summed E-state index contributed by atoms with van der Waals surface area (Å²) in [6.45, 7) is 4.28. The first kappa shape index (κ1) is 24.3. The number of carboxylic acid groups (broad SMARTS) is 1. The van der Waals surface area contributed by atoms with Gasteiger partial charge in [-0.3, -0.25) is 4.79 Å². The van der Waals surface area contributed by atoms with Crippen molar-refractivity contribution in [1.29, 1.82) is 0 Å². The number of hydrogen-bond acceptors (Lipinski definition) is 8. The molecule has 0 amide bonds. The fourth-order valence-electron chi connectivity index (χ4n) is 4.85. The van der Waals surface area contributed by atoms with Crippen LogP contribution in [0.1, 0.15) is 26.2 Å². The van der Waals surface area contributed by atoms with Crippen molar-refractivity contribution in [1.82, 2.24) is 9.97 Å². The number of anilines is 2. The molecule has 4 heterocycles. The van der Waals surface area contributed by atoms with Gasteiger partial charge in [0.05, 0.1) is 48.4 Å². The SMILES string of the molecule is COc1cc(N2CCC(Oc3ccc(N4CC(OC)C(C)C4CC(=O)O)cn3)CC2)c(Cl)cn1. The lowest BCUT2D eigenvalue weighted by Gasteiger charge is -2.34. The van der Waals surface area contributed by atoms with Crippen molar-refractivity contribution in [2.24, 2.45) is 5.92 Å². The van der Waals surface area contributed by atoms with Crippen LogP contribution in [0.3, 0.4) is 0 Å². The van der Waals surface area contributed by atoms with E-state index >= 15 is 0 Å². The standard InChI is InChI=1S/C24H31ClN4O5/c1-15-19(11-24(30)31)29(14-21(15)32-2)16-4-5-22(26-12-16)34-17-6-8-28(9-7-17)20-10-23(33-3)27-13-18(20)25/h4-5,10,12-13,15,17,19,21H,6-9,11,14H2,1-3H3,(H,30,31). The number of nitrogens with zero attached hydrogens (tertiary/aromatic N) is 4. The molecule has 0 aromatic carbocycles. The molecule has 0 radical (unpaired) electrons. The summed E-state index contributed by atoms with van der Waals surface area (Å²) < 4.78 is 16.9. The molecular weight excluding hydrogens is 460 g/mol. The van der Waals surface area contributed by atoms with Gasteiger partial charge in [0, 0.05) is 63.7 Å². The van der Waals surface area contributed by atoms with E-state index in [4.69, 9.17) is 25.8 Å². The fourth-order valence-corrected chi connectivity index (χ4v) is 5.07. The highest BCUT2D eigenvalue weighted by atomic mass is 35.5. The van der Waals surface area contributed by atoms with Gasteiger partial charge in [0.25, 0.3) is 0 Å². The monoisotopic (exact) mass is 490 g/mol. The Morgan fingerprint density at radius 2 is 1.91 bits per heavy atom. The van der Waals surface area contributed by atoms with E-state index in [1.165, 1.54) is 0 Å². The normalized spacial score (nSPS) is 23.2. The van der Waals surface area contributed by atoms with E-state index in [2.05, 4.69) is 19.8 Å². The molecule has 3 unspecified atom stereocenters. The van der Waals surface area contributed by atoms with Crippen molar-refractivity contribution in [3.63, 3.8) is 0 Å². The minimum absolute atomic E-state index is 0.0145. The Balaban J connectivity index is 1.36. The van der Waals surface area contributed by atoms with Crippen LogP contribution < -0.4 is 19.3 Å². The number of pyridine rings is 2. The maximum Gasteiger partial charge on any atom is 0.305 e. The van der Waals surface area contributed by atoms with Gasteiger partial charge in [0.15, 0.2) is 0 Å². The molecule has 2 fully saturated rings. The molecule has 2 aliphatic heterocycles. The first-order valence-corrected chi connectivity index (χ1v) is 11.9. The first-order chi connectivity index (χ1) is 16.4. The quantitative estimate of drug-likeness (QED) is 0.596. The van der Waals surface area contributed by atoms with E-state index in [-0.39, 0.29) is 30.6 Å². The minimum atomic E-state index is -0.815. The molecule has 2 saturated heterocycles. The van der Waals surface area contributed by atoms with Gasteiger partial charge in [-0.2, -0.15) is 0 Å². The number of hydrogen-bond donors (Lipinski definition) is 1. The molecule has 3 atom stereocenters. The molecule has 9 nitrogen and oxygen atoms in total. The molecule has 10 heteroatoms. The molecule has 2 aromatic heterocycles. The van der Waals surface area contributed by atoms with Crippen LogP contribution in [0.5, 0.6) is 11.8 Å². The van der Waals surface area contributed by atoms with Crippen LogP contribution in [0, 0.1) is 5.92 Å². The Hall–Kier alpha value is -2.78. The predicted molar refractivity (Wildman–Crippen MR) is 129 cm³/mol. The zero-order valence-electron chi connectivity index (χ0n) is 19.7. The average Bonchev–Trinajstić information content (AvgIpc) is 3.15. The third-order valence-electron chi connectivity index (χ3n) is 6.80. The van der Waals surface area contributed by atoms with Crippen molar-refractivity contribution >= 4 is 28.9 Å². The molecule has 4 rings (SSSR count). The van der Waals surface area contributed by atoms with Gasteiger partial charge in [-0.15, -0.1) is 0 Å². The smallest absolute Gasteiger partial charge is 0.305 e. The van der Waals surface area contributed by atoms with Crippen LogP contribution in [-0.4, -0.2) is 73.1 Å². The maximum absolute atomic E-state index is 11.4. The lowest BCUT2D eigenvalue weighted by Crippen LogP contribution is -2.38. The highest BCUT2D eigenvalue weighted by molar-refractivity contribution is 6.33. The second-order valence-corrected chi connectivity index (χ2v) is 9.20. The lowest BCUT2D eigenvalue weighted by molar-refractivity contribution is -0.137. The summed E-state index contributed by atoms with van der Waals surface area (Å²) in [6.07, 6.45) is 5.15. The van der Waals surface area contributed by atoms with Crippen molar-refractivity contribution in [3.05, 3.63) is 35.6 Å². The van der Waals surface area contributed by atoms with Crippen molar-refractivity contribution < 1.29 is 24.1 Å². The van der Waals surface area contributed by atoms with Crippen LogP contribution in [-0.2, 0) is 9.53 Å². The lowest BCUT2D eigenvalue weighted by atomic mass is 9.98. The van der Waals surface area contributed by atoms with Crippen LogP contribution in [0.4, 0.5) is 11.4 Å². The van der Waals surface area contributed by atoms with Gasteiger partial charge < -0.3 is 29.1 Å². The van der Waals surface area contributed by atoms with Crippen LogP contribution in [0.2, 0.25) is 5.02 Å². The zero-order chi connectivity index (χ0) is 24.2. The van der Waals surface area contributed by atoms with E-state index in [0.717, 1.165) is 37.3 Å². The highest BCUT2D eigenvalue weighted by Crippen LogP contribution is 2.34. The second kappa shape index (κ2) is 10.7. The number of rotatable bonds is 8. The van der Waals surface area contributed by atoms with Crippen molar-refractivity contribution in [2.75, 3.05) is 43.7 Å². The predicted octanol–water partition coefficient (Wildman–Crippen LogP) is 3.50. The molecule has 1 N–H and O–H groups in total. The molecule has 0 aliphatic carbocycles. The van der Waals surface area contributed by atoms with E-state index in [1.54, 1.807) is 26.6 Å². The fraction of sp³-hybridized carbons (Fsp3) is 0.542. The number of ether oxygens (including phenoxy) is 3. The number of piperidine rings is 1. The molecule has 2 aliphatic rings. The van der Waals surface area contributed by atoms with E-state index in [0.29, 0.717) is 23.3 Å². The third kappa shape index (κ3) is 5.31. The zero-order valence-corrected chi connectivity index (χ0v) is 20.4. The molecule has 0 bridgehead atoms. The van der Waals surface area contributed by atoms with E-state index in [9.17, 15) is 9.90 Å². The van der Waals surface area contributed by atoms with Crippen molar-refractivity contribution in [3.8, 4) is 11.8 Å². The Kier molecular flexibility index (Phi) is 7.63. The maximum atomic E-state index is 11.4. The Bertz CT molecular complexity index is 984. The van der Waals surface area contributed by atoms with Gasteiger partial charge >= 0.3 is 5.97 Å². The summed E-state index contributed by atoms with van der Waals surface area (Å²) in [5.41, 5.74) is 1.79.